The molecule has 0 radical (unpaired) electrons. The number of aryl methyl sites for hydroxylation is 1. The lowest BCUT2D eigenvalue weighted by Gasteiger charge is -2.22. The first-order valence-electron chi connectivity index (χ1n) is 10.8. The normalized spacial score (nSPS) is 12.9. The Hall–Kier alpha value is -2.84. The molecule has 8 heteroatoms. The van der Waals surface area contributed by atoms with Gasteiger partial charge in [-0.3, -0.25) is 4.79 Å². The highest BCUT2D eigenvalue weighted by Gasteiger charge is 2.33. The Morgan fingerprint density at radius 3 is 2.58 bits per heavy atom. The van der Waals surface area contributed by atoms with E-state index in [1.54, 1.807) is 35.5 Å². The van der Waals surface area contributed by atoms with Gasteiger partial charge in [-0.25, -0.2) is 9.78 Å². The van der Waals surface area contributed by atoms with Crippen molar-refractivity contribution < 1.29 is 19.1 Å². The van der Waals surface area contributed by atoms with Crippen LogP contribution in [0.15, 0.2) is 58.8 Å². The number of hydrogen-bond donors (Lipinski definition) is 0. The molecule has 1 saturated carbocycles. The number of aromatic nitrogens is 1. The lowest BCUT2D eigenvalue weighted by Crippen LogP contribution is -2.36. The Morgan fingerprint density at radius 2 is 1.91 bits per heavy atom. The summed E-state index contributed by atoms with van der Waals surface area (Å²) in [5, 5.41) is 3.05. The number of hydrogen-bond acceptors (Lipinski definition) is 7. The molecule has 172 valence electrons. The summed E-state index contributed by atoms with van der Waals surface area (Å²) >= 11 is 3.15. The van der Waals surface area contributed by atoms with Gasteiger partial charge in [0.25, 0.3) is 5.91 Å². The predicted octanol–water partition coefficient (Wildman–Crippen LogP) is 5.10. The fourth-order valence-corrected chi connectivity index (χ4v) is 5.06. The zero-order chi connectivity index (χ0) is 23.2. The van der Waals surface area contributed by atoms with Crippen molar-refractivity contribution in [2.75, 3.05) is 13.7 Å². The predicted molar refractivity (Wildman–Crippen MR) is 130 cm³/mol. The number of amides is 1. The summed E-state index contributed by atoms with van der Waals surface area (Å²) in [4.78, 5) is 32.8. The summed E-state index contributed by atoms with van der Waals surface area (Å²) in [5.41, 5.74) is 2.47. The van der Waals surface area contributed by atoms with Gasteiger partial charge in [0.2, 0.25) is 0 Å². The van der Waals surface area contributed by atoms with E-state index in [0.717, 1.165) is 39.8 Å². The van der Waals surface area contributed by atoms with Gasteiger partial charge in [-0.15, -0.1) is 23.1 Å². The lowest BCUT2D eigenvalue weighted by molar-refractivity contribution is -0.135. The SMILES string of the molecule is COc1ccc(CN(C(=O)COC(=O)c2ccccc2SCc2csc(C)n2)C2CC2)cc1. The van der Waals surface area contributed by atoms with E-state index in [4.69, 9.17) is 9.47 Å². The second kappa shape index (κ2) is 10.9. The fraction of sp³-hybridized carbons (Fsp3) is 0.320. The van der Waals surface area contributed by atoms with Crippen LogP contribution in [-0.4, -0.2) is 41.5 Å². The van der Waals surface area contributed by atoms with Crippen LogP contribution in [-0.2, 0) is 21.8 Å². The Morgan fingerprint density at radius 1 is 1.15 bits per heavy atom. The van der Waals surface area contributed by atoms with Gasteiger partial charge in [-0.1, -0.05) is 24.3 Å². The number of thioether (sulfide) groups is 1. The van der Waals surface area contributed by atoms with Crippen molar-refractivity contribution in [3.05, 3.63) is 75.7 Å². The number of benzene rings is 2. The topological polar surface area (TPSA) is 68.7 Å². The second-order valence-corrected chi connectivity index (χ2v) is 9.90. The standard InChI is InChI=1S/C25H26N2O4S2/c1-17-26-19(15-32-17)16-33-23-6-4-3-5-22(23)25(29)31-14-24(28)27(20-9-10-20)13-18-7-11-21(30-2)12-8-18/h3-8,11-12,15,20H,9-10,13-14,16H2,1-2H3. The molecule has 1 fully saturated rings. The van der Waals surface area contributed by atoms with Crippen molar-refractivity contribution >= 4 is 35.0 Å². The summed E-state index contributed by atoms with van der Waals surface area (Å²) in [6.07, 6.45) is 1.96. The van der Waals surface area contributed by atoms with Gasteiger partial charge in [-0.05, 0) is 49.6 Å². The molecule has 1 aliphatic carbocycles. The zero-order valence-corrected chi connectivity index (χ0v) is 20.3. The fourth-order valence-electron chi connectivity index (χ4n) is 3.41. The number of nitrogens with zero attached hydrogens (tertiary/aromatic N) is 2. The molecule has 2 aromatic carbocycles. The summed E-state index contributed by atoms with van der Waals surface area (Å²) in [5.74, 6) is 0.787. The first kappa shape index (κ1) is 23.3. The van der Waals surface area contributed by atoms with Crippen molar-refractivity contribution in [3.8, 4) is 5.75 Å². The molecule has 0 unspecified atom stereocenters. The molecule has 1 heterocycles. The van der Waals surface area contributed by atoms with E-state index in [1.165, 1.54) is 11.8 Å². The van der Waals surface area contributed by atoms with Gasteiger partial charge in [0, 0.05) is 28.6 Å². The van der Waals surface area contributed by atoms with Gasteiger partial charge in [0.05, 0.1) is 23.4 Å². The number of methoxy groups -OCH3 is 1. The average molecular weight is 483 g/mol. The minimum Gasteiger partial charge on any atom is -0.497 e. The van der Waals surface area contributed by atoms with E-state index in [1.807, 2.05) is 48.7 Å². The second-order valence-electron chi connectivity index (χ2n) is 7.82. The molecule has 0 spiro atoms. The van der Waals surface area contributed by atoms with Gasteiger partial charge >= 0.3 is 5.97 Å². The molecule has 0 bridgehead atoms. The van der Waals surface area contributed by atoms with E-state index in [-0.39, 0.29) is 18.6 Å². The molecular formula is C25H26N2O4S2. The Kier molecular flexibility index (Phi) is 7.67. The highest BCUT2D eigenvalue weighted by molar-refractivity contribution is 7.98. The third-order valence-corrected chi connectivity index (χ3v) is 7.23. The van der Waals surface area contributed by atoms with Crippen LogP contribution in [0.4, 0.5) is 0 Å². The number of esters is 1. The molecule has 33 heavy (non-hydrogen) atoms. The summed E-state index contributed by atoms with van der Waals surface area (Å²) in [6.45, 7) is 2.20. The maximum absolute atomic E-state index is 12.9. The van der Waals surface area contributed by atoms with Crippen LogP contribution in [0.3, 0.4) is 0 Å². The smallest absolute Gasteiger partial charge is 0.339 e. The van der Waals surface area contributed by atoms with Crippen LogP contribution in [0.1, 0.15) is 39.5 Å². The van der Waals surface area contributed by atoms with Gasteiger partial charge < -0.3 is 14.4 Å². The lowest BCUT2D eigenvalue weighted by atomic mass is 10.2. The molecule has 0 aliphatic heterocycles. The van der Waals surface area contributed by atoms with Crippen LogP contribution in [0.5, 0.6) is 5.75 Å². The maximum Gasteiger partial charge on any atom is 0.339 e. The van der Waals surface area contributed by atoms with Crippen molar-refractivity contribution in [2.45, 2.75) is 43.0 Å². The molecule has 0 atom stereocenters. The largest absolute Gasteiger partial charge is 0.497 e. The van der Waals surface area contributed by atoms with Crippen LogP contribution < -0.4 is 4.74 Å². The van der Waals surface area contributed by atoms with Crippen molar-refractivity contribution in [1.29, 1.82) is 0 Å². The van der Waals surface area contributed by atoms with Crippen molar-refractivity contribution in [1.82, 2.24) is 9.88 Å². The molecule has 0 saturated heterocycles. The first-order chi connectivity index (χ1) is 16.0. The van der Waals surface area contributed by atoms with Gasteiger partial charge in [0.1, 0.15) is 5.75 Å². The third kappa shape index (κ3) is 6.36. The van der Waals surface area contributed by atoms with Crippen LogP contribution >= 0.6 is 23.1 Å². The number of ether oxygens (including phenoxy) is 2. The van der Waals surface area contributed by atoms with Crippen LogP contribution in [0.2, 0.25) is 0 Å². The van der Waals surface area contributed by atoms with Gasteiger partial charge in [-0.2, -0.15) is 0 Å². The molecule has 6 nitrogen and oxygen atoms in total. The Balaban J connectivity index is 1.35. The average Bonchev–Trinajstić information content (AvgIpc) is 3.60. The minimum absolute atomic E-state index is 0.176. The molecule has 1 aliphatic rings. The molecule has 1 aromatic heterocycles. The number of carbonyl (C=O) groups excluding carboxylic acids is 2. The number of thiazole rings is 1. The maximum atomic E-state index is 12.9. The highest BCUT2D eigenvalue weighted by Crippen LogP contribution is 2.30. The highest BCUT2D eigenvalue weighted by atomic mass is 32.2. The summed E-state index contributed by atoms with van der Waals surface area (Å²) in [6, 6.07) is 15.2. The first-order valence-corrected chi connectivity index (χ1v) is 12.6. The quantitative estimate of drug-likeness (QED) is 0.296. The van der Waals surface area contributed by atoms with Crippen LogP contribution in [0, 0.1) is 6.92 Å². The Labute approximate surface area is 201 Å². The van der Waals surface area contributed by atoms with Crippen molar-refractivity contribution in [2.24, 2.45) is 0 Å². The summed E-state index contributed by atoms with van der Waals surface area (Å²) in [7, 11) is 1.62. The molecule has 1 amide bonds. The van der Waals surface area contributed by atoms with E-state index in [2.05, 4.69) is 4.98 Å². The number of rotatable bonds is 10. The molecule has 0 N–H and O–H groups in total. The molecule has 3 aromatic rings. The van der Waals surface area contributed by atoms with E-state index < -0.39 is 5.97 Å². The minimum atomic E-state index is -0.485. The zero-order valence-electron chi connectivity index (χ0n) is 18.7. The van der Waals surface area contributed by atoms with Crippen molar-refractivity contribution in [3.63, 3.8) is 0 Å². The monoisotopic (exact) mass is 482 g/mol. The van der Waals surface area contributed by atoms with E-state index in [0.29, 0.717) is 17.9 Å². The van der Waals surface area contributed by atoms with E-state index in [9.17, 15) is 9.59 Å². The number of carbonyl (C=O) groups is 2. The Bertz CT molecular complexity index is 1110. The summed E-state index contributed by atoms with van der Waals surface area (Å²) < 4.78 is 10.6. The van der Waals surface area contributed by atoms with Crippen LogP contribution in [0.25, 0.3) is 0 Å². The third-order valence-electron chi connectivity index (χ3n) is 5.30. The van der Waals surface area contributed by atoms with Gasteiger partial charge in [0.15, 0.2) is 6.61 Å². The molecular weight excluding hydrogens is 456 g/mol. The molecule has 4 rings (SSSR count). The van der Waals surface area contributed by atoms with E-state index >= 15 is 0 Å².